The molecule has 2 aromatic carbocycles. The molecule has 0 unspecified atom stereocenters. The number of hydrogen-bond donors (Lipinski definition) is 1. The van der Waals surface area contributed by atoms with Gasteiger partial charge in [0.2, 0.25) is 0 Å². The summed E-state index contributed by atoms with van der Waals surface area (Å²) in [6.45, 7) is 3.34. The van der Waals surface area contributed by atoms with Crippen molar-refractivity contribution in [2.24, 2.45) is 0 Å². The van der Waals surface area contributed by atoms with E-state index in [9.17, 15) is 4.79 Å². The number of benzene rings is 2. The Kier molecular flexibility index (Phi) is 4.39. The fourth-order valence-corrected chi connectivity index (χ4v) is 3.30. The van der Waals surface area contributed by atoms with Gasteiger partial charge in [-0.2, -0.15) is 10.1 Å². The number of nitrogens with zero attached hydrogens (tertiary/aromatic N) is 3. The van der Waals surface area contributed by atoms with E-state index in [-0.39, 0.29) is 0 Å². The number of aromatic amines is 1. The van der Waals surface area contributed by atoms with Crippen molar-refractivity contribution in [1.29, 1.82) is 0 Å². The Hall–Kier alpha value is -2.79. The summed E-state index contributed by atoms with van der Waals surface area (Å²) in [5.41, 5.74) is 3.99. The van der Waals surface area contributed by atoms with E-state index in [1.165, 1.54) is 31.5 Å². The number of nitrogens with one attached hydrogen (secondary N) is 1. The van der Waals surface area contributed by atoms with Gasteiger partial charge in [0.1, 0.15) is 11.4 Å². The molecule has 1 saturated heterocycles. The van der Waals surface area contributed by atoms with Gasteiger partial charge in [0.25, 0.3) is 0 Å². The van der Waals surface area contributed by atoms with E-state index >= 15 is 0 Å². The van der Waals surface area contributed by atoms with Crippen molar-refractivity contribution >= 4 is 0 Å². The van der Waals surface area contributed by atoms with Gasteiger partial charge in [-0.1, -0.05) is 54.6 Å². The van der Waals surface area contributed by atoms with E-state index in [0.29, 0.717) is 11.4 Å². The highest BCUT2D eigenvalue weighted by Gasteiger charge is 2.14. The van der Waals surface area contributed by atoms with Crippen LogP contribution in [0.15, 0.2) is 59.4 Å². The maximum Gasteiger partial charge on any atom is 0.361 e. The summed E-state index contributed by atoms with van der Waals surface area (Å²) >= 11 is 0. The summed E-state index contributed by atoms with van der Waals surface area (Å²) in [5, 5.41) is 6.67. The first-order chi connectivity index (χ1) is 12.3. The molecule has 1 aromatic heterocycles. The van der Waals surface area contributed by atoms with E-state index in [0.717, 1.165) is 17.7 Å². The van der Waals surface area contributed by atoms with E-state index < -0.39 is 5.69 Å². The Bertz CT molecular complexity index is 897. The van der Waals surface area contributed by atoms with Crippen LogP contribution in [0.4, 0.5) is 0 Å². The first-order valence-electron chi connectivity index (χ1n) is 8.63. The predicted molar refractivity (Wildman–Crippen MR) is 98.0 cm³/mol. The Labute approximate surface area is 146 Å². The SMILES string of the molecule is O=c1nc(-c2ccc(CN3CCCC3)cc2)c(-c2ccccc2)n[nH]1. The molecule has 0 aliphatic carbocycles. The third-order valence-corrected chi connectivity index (χ3v) is 4.58. The van der Waals surface area contributed by atoms with Crippen molar-refractivity contribution < 1.29 is 0 Å². The lowest BCUT2D eigenvalue weighted by Gasteiger charge is -2.14. The van der Waals surface area contributed by atoms with E-state index in [1.807, 2.05) is 42.5 Å². The number of rotatable bonds is 4. The molecule has 25 heavy (non-hydrogen) atoms. The molecule has 4 rings (SSSR count). The maximum absolute atomic E-state index is 11.7. The molecule has 1 aliphatic rings. The molecule has 1 N–H and O–H groups in total. The second-order valence-corrected chi connectivity index (χ2v) is 6.38. The summed E-state index contributed by atoms with van der Waals surface area (Å²) in [6, 6.07) is 18.1. The van der Waals surface area contributed by atoms with Crippen LogP contribution in [0.2, 0.25) is 0 Å². The molecule has 1 fully saturated rings. The van der Waals surface area contributed by atoms with Crippen LogP contribution in [0.1, 0.15) is 18.4 Å². The minimum atomic E-state index is -0.434. The van der Waals surface area contributed by atoms with Gasteiger partial charge in [-0.3, -0.25) is 4.90 Å². The van der Waals surface area contributed by atoms with Crippen LogP contribution in [0.25, 0.3) is 22.5 Å². The van der Waals surface area contributed by atoms with E-state index in [1.54, 1.807) is 0 Å². The van der Waals surface area contributed by atoms with Crippen molar-refractivity contribution in [2.75, 3.05) is 13.1 Å². The average molecular weight is 332 g/mol. The first-order valence-corrected chi connectivity index (χ1v) is 8.63. The van der Waals surface area contributed by atoms with Crippen LogP contribution in [0, 0.1) is 0 Å². The Morgan fingerprint density at radius 2 is 1.56 bits per heavy atom. The number of H-pyrrole nitrogens is 1. The van der Waals surface area contributed by atoms with E-state index in [4.69, 9.17) is 0 Å². The average Bonchev–Trinajstić information content (AvgIpc) is 3.16. The van der Waals surface area contributed by atoms with Gasteiger partial charge in [-0.25, -0.2) is 9.89 Å². The molecule has 0 amide bonds. The summed E-state index contributed by atoms with van der Waals surface area (Å²) in [6.07, 6.45) is 2.59. The standard InChI is InChI=1S/C20H20N4O/c25-20-21-18(19(22-23-20)16-6-2-1-3-7-16)17-10-8-15(9-11-17)14-24-12-4-5-13-24/h1-3,6-11H,4-5,12-14H2,(H,21,23,25). The molecule has 0 spiro atoms. The molecule has 0 saturated carbocycles. The summed E-state index contributed by atoms with van der Waals surface area (Å²) in [5.74, 6) is 0. The Balaban J connectivity index is 1.67. The number of hydrogen-bond acceptors (Lipinski definition) is 4. The van der Waals surface area contributed by atoms with Crippen LogP contribution in [0.5, 0.6) is 0 Å². The third kappa shape index (κ3) is 3.51. The fourth-order valence-electron chi connectivity index (χ4n) is 3.30. The molecule has 0 radical (unpaired) electrons. The number of likely N-dealkylation sites (tertiary alicyclic amines) is 1. The first kappa shape index (κ1) is 15.7. The van der Waals surface area contributed by atoms with Gasteiger partial charge in [-0.05, 0) is 31.5 Å². The van der Waals surface area contributed by atoms with Crippen LogP contribution in [-0.4, -0.2) is 33.2 Å². The summed E-state index contributed by atoms with van der Waals surface area (Å²) in [4.78, 5) is 18.3. The summed E-state index contributed by atoms with van der Waals surface area (Å²) < 4.78 is 0. The van der Waals surface area contributed by atoms with Gasteiger partial charge in [-0.15, -0.1) is 0 Å². The van der Waals surface area contributed by atoms with Crippen molar-refractivity contribution in [1.82, 2.24) is 20.1 Å². The molecular formula is C20H20N4O. The molecule has 5 heteroatoms. The maximum atomic E-state index is 11.7. The molecule has 2 heterocycles. The second-order valence-electron chi connectivity index (χ2n) is 6.38. The van der Waals surface area contributed by atoms with Crippen molar-refractivity contribution in [3.05, 3.63) is 70.6 Å². The van der Waals surface area contributed by atoms with Crippen LogP contribution in [0.3, 0.4) is 0 Å². The minimum absolute atomic E-state index is 0.434. The third-order valence-electron chi connectivity index (χ3n) is 4.58. The van der Waals surface area contributed by atoms with Gasteiger partial charge in [0.15, 0.2) is 0 Å². The lowest BCUT2D eigenvalue weighted by Crippen LogP contribution is -2.18. The zero-order chi connectivity index (χ0) is 17.1. The van der Waals surface area contributed by atoms with Crippen LogP contribution in [-0.2, 0) is 6.54 Å². The number of aromatic nitrogens is 3. The lowest BCUT2D eigenvalue weighted by atomic mass is 10.0. The largest absolute Gasteiger partial charge is 0.361 e. The predicted octanol–water partition coefficient (Wildman–Crippen LogP) is 3.09. The zero-order valence-electron chi connectivity index (χ0n) is 14.0. The highest BCUT2D eigenvalue weighted by molar-refractivity contribution is 5.77. The topological polar surface area (TPSA) is 61.9 Å². The molecule has 1 aliphatic heterocycles. The Morgan fingerprint density at radius 1 is 0.880 bits per heavy atom. The van der Waals surface area contributed by atoms with Gasteiger partial charge in [0.05, 0.1) is 0 Å². The molecule has 3 aromatic rings. The fraction of sp³-hybridized carbons (Fsp3) is 0.250. The van der Waals surface area contributed by atoms with Crippen molar-refractivity contribution in [3.63, 3.8) is 0 Å². The highest BCUT2D eigenvalue weighted by Crippen LogP contribution is 2.27. The van der Waals surface area contributed by atoms with Gasteiger partial charge in [0, 0.05) is 17.7 Å². The molecule has 126 valence electrons. The van der Waals surface area contributed by atoms with Gasteiger partial charge < -0.3 is 0 Å². The molecule has 5 nitrogen and oxygen atoms in total. The summed E-state index contributed by atoms with van der Waals surface area (Å²) in [7, 11) is 0. The molecular weight excluding hydrogens is 312 g/mol. The van der Waals surface area contributed by atoms with Crippen LogP contribution >= 0.6 is 0 Å². The highest BCUT2D eigenvalue weighted by atomic mass is 16.1. The smallest absolute Gasteiger partial charge is 0.299 e. The van der Waals surface area contributed by atoms with Crippen LogP contribution < -0.4 is 5.69 Å². The van der Waals surface area contributed by atoms with Crippen molar-refractivity contribution in [3.8, 4) is 22.5 Å². The minimum Gasteiger partial charge on any atom is -0.299 e. The lowest BCUT2D eigenvalue weighted by molar-refractivity contribution is 0.331. The van der Waals surface area contributed by atoms with Crippen molar-refractivity contribution in [2.45, 2.75) is 19.4 Å². The zero-order valence-corrected chi connectivity index (χ0v) is 14.0. The second kappa shape index (κ2) is 6.99. The Morgan fingerprint density at radius 3 is 2.28 bits per heavy atom. The normalized spacial score (nSPS) is 14.7. The molecule has 0 atom stereocenters. The quantitative estimate of drug-likeness (QED) is 0.797. The monoisotopic (exact) mass is 332 g/mol. The molecule has 0 bridgehead atoms. The van der Waals surface area contributed by atoms with Gasteiger partial charge >= 0.3 is 5.69 Å². The van der Waals surface area contributed by atoms with E-state index in [2.05, 4.69) is 32.2 Å².